The quantitative estimate of drug-likeness (QED) is 0.714. The third-order valence-electron chi connectivity index (χ3n) is 3.80. The first-order valence-corrected chi connectivity index (χ1v) is 8.16. The van der Waals surface area contributed by atoms with Crippen LogP contribution in [-0.4, -0.2) is 37.7 Å². The van der Waals surface area contributed by atoms with Crippen molar-refractivity contribution in [3.63, 3.8) is 0 Å². The van der Waals surface area contributed by atoms with Gasteiger partial charge in [0.05, 0.1) is 0 Å². The molecule has 1 atom stereocenters. The zero-order valence-corrected chi connectivity index (χ0v) is 14.4. The minimum absolute atomic E-state index is 0.602. The van der Waals surface area contributed by atoms with E-state index in [1.54, 1.807) is 0 Å². The van der Waals surface area contributed by atoms with E-state index in [1.807, 2.05) is 6.07 Å². The van der Waals surface area contributed by atoms with Gasteiger partial charge in [-0.05, 0) is 38.9 Å². The molecule has 0 fully saturated rings. The van der Waals surface area contributed by atoms with Crippen LogP contribution in [0.1, 0.15) is 39.7 Å². The van der Waals surface area contributed by atoms with Gasteiger partial charge in [0.15, 0.2) is 0 Å². The molecule has 3 heteroatoms. The maximum absolute atomic E-state index is 5.98. The van der Waals surface area contributed by atoms with Gasteiger partial charge in [-0.3, -0.25) is 0 Å². The Morgan fingerprint density at radius 3 is 2.57 bits per heavy atom. The van der Waals surface area contributed by atoms with Gasteiger partial charge < -0.3 is 15.0 Å². The van der Waals surface area contributed by atoms with Gasteiger partial charge in [0.2, 0.25) is 0 Å². The molecule has 0 aromatic heterocycles. The zero-order chi connectivity index (χ0) is 15.7. The highest BCUT2D eigenvalue weighted by Crippen LogP contribution is 2.18. The second kappa shape index (κ2) is 9.80. The fourth-order valence-electron chi connectivity index (χ4n) is 2.43. The summed E-state index contributed by atoms with van der Waals surface area (Å²) in [4.78, 5) is 2.38. The molecule has 1 N–H and O–H groups in total. The molecule has 1 rings (SSSR count). The predicted molar refractivity (Wildman–Crippen MR) is 90.9 cm³/mol. The first kappa shape index (κ1) is 18.0. The number of nitrogens with one attached hydrogen (secondary N) is 1. The largest absolute Gasteiger partial charge is 0.492 e. The Balaban J connectivity index is 2.41. The van der Waals surface area contributed by atoms with Gasteiger partial charge >= 0.3 is 0 Å². The van der Waals surface area contributed by atoms with Crippen LogP contribution in [-0.2, 0) is 6.54 Å². The maximum atomic E-state index is 5.98. The van der Waals surface area contributed by atoms with E-state index >= 15 is 0 Å². The Morgan fingerprint density at radius 2 is 1.90 bits per heavy atom. The fraction of sp³-hybridized carbons (Fsp3) is 0.667. The topological polar surface area (TPSA) is 24.5 Å². The van der Waals surface area contributed by atoms with Crippen LogP contribution < -0.4 is 10.1 Å². The molecule has 120 valence electrons. The average Bonchev–Trinajstić information content (AvgIpc) is 2.45. The molecule has 21 heavy (non-hydrogen) atoms. The molecule has 0 heterocycles. The Bertz CT molecular complexity index is 393. The van der Waals surface area contributed by atoms with Crippen molar-refractivity contribution in [2.45, 2.75) is 46.7 Å². The van der Waals surface area contributed by atoms with Gasteiger partial charge in [0.1, 0.15) is 12.4 Å². The third-order valence-corrected chi connectivity index (χ3v) is 3.80. The molecular weight excluding hydrogens is 260 g/mol. The molecule has 1 unspecified atom stereocenters. The summed E-state index contributed by atoms with van der Waals surface area (Å²) in [5, 5.41) is 3.35. The van der Waals surface area contributed by atoms with Crippen LogP contribution in [0, 0.1) is 5.92 Å². The molecule has 3 nitrogen and oxygen atoms in total. The molecule has 0 aliphatic heterocycles. The van der Waals surface area contributed by atoms with Crippen molar-refractivity contribution in [2.24, 2.45) is 5.92 Å². The Morgan fingerprint density at radius 1 is 1.19 bits per heavy atom. The van der Waals surface area contributed by atoms with Crippen molar-refractivity contribution in [3.8, 4) is 5.75 Å². The zero-order valence-electron chi connectivity index (χ0n) is 14.4. The van der Waals surface area contributed by atoms with Crippen LogP contribution in [0.5, 0.6) is 5.75 Å². The molecule has 1 aromatic carbocycles. The lowest BCUT2D eigenvalue weighted by Crippen LogP contribution is -2.33. The summed E-state index contributed by atoms with van der Waals surface area (Å²) in [5.74, 6) is 1.74. The summed E-state index contributed by atoms with van der Waals surface area (Å²) in [6.07, 6.45) is 1.23. The first-order valence-electron chi connectivity index (χ1n) is 8.16. The number of hydrogen-bond donors (Lipinski definition) is 1. The second-order valence-electron chi connectivity index (χ2n) is 6.20. The lowest BCUT2D eigenvalue weighted by Gasteiger charge is -2.26. The van der Waals surface area contributed by atoms with E-state index in [-0.39, 0.29) is 0 Å². The molecule has 1 aromatic rings. The number of hydrogen-bond acceptors (Lipinski definition) is 3. The van der Waals surface area contributed by atoms with E-state index in [9.17, 15) is 0 Å². The third kappa shape index (κ3) is 6.96. The number of nitrogens with zero attached hydrogens (tertiary/aromatic N) is 1. The van der Waals surface area contributed by atoms with Crippen LogP contribution in [0.3, 0.4) is 0 Å². The normalized spacial score (nSPS) is 12.9. The molecule has 0 saturated heterocycles. The van der Waals surface area contributed by atoms with E-state index in [1.165, 1.54) is 12.0 Å². The molecule has 0 saturated carbocycles. The molecule has 0 amide bonds. The maximum Gasteiger partial charge on any atom is 0.123 e. The Kier molecular flexibility index (Phi) is 8.40. The molecule has 0 aliphatic carbocycles. The summed E-state index contributed by atoms with van der Waals surface area (Å²) in [7, 11) is 2.18. The highest BCUT2D eigenvalue weighted by Gasteiger charge is 2.11. The molecule has 0 aliphatic rings. The van der Waals surface area contributed by atoms with Crippen LogP contribution >= 0.6 is 0 Å². The van der Waals surface area contributed by atoms with E-state index in [0.717, 1.165) is 37.9 Å². The molecular formula is C18H32N2O. The lowest BCUT2D eigenvalue weighted by atomic mass is 10.0. The van der Waals surface area contributed by atoms with Crippen LogP contribution in [0.25, 0.3) is 0 Å². The summed E-state index contributed by atoms with van der Waals surface area (Å²) in [5.41, 5.74) is 1.23. The Hall–Kier alpha value is -1.06. The van der Waals surface area contributed by atoms with Gasteiger partial charge in [-0.15, -0.1) is 0 Å². The van der Waals surface area contributed by atoms with Crippen molar-refractivity contribution >= 4 is 0 Å². The van der Waals surface area contributed by atoms with Gasteiger partial charge in [0.25, 0.3) is 0 Å². The van der Waals surface area contributed by atoms with Crippen molar-refractivity contribution < 1.29 is 4.74 Å². The van der Waals surface area contributed by atoms with Gasteiger partial charge in [-0.2, -0.15) is 0 Å². The minimum Gasteiger partial charge on any atom is -0.492 e. The van der Waals surface area contributed by atoms with E-state index in [4.69, 9.17) is 4.74 Å². The fourth-order valence-corrected chi connectivity index (χ4v) is 2.43. The summed E-state index contributed by atoms with van der Waals surface area (Å²) >= 11 is 0. The average molecular weight is 292 g/mol. The van der Waals surface area contributed by atoms with Crippen molar-refractivity contribution in [1.29, 1.82) is 0 Å². The predicted octanol–water partition coefficient (Wildman–Crippen LogP) is 3.54. The standard InChI is InChI=1S/C18H32N2O/c1-6-19-14-17-9-7-8-10-18(17)21-12-11-20(5)16(4)13-15(2)3/h7-10,15-16,19H,6,11-14H2,1-5H3. The number of benzene rings is 1. The lowest BCUT2D eigenvalue weighted by molar-refractivity contribution is 0.183. The summed E-state index contributed by atoms with van der Waals surface area (Å²) in [6.45, 7) is 12.5. The highest BCUT2D eigenvalue weighted by atomic mass is 16.5. The van der Waals surface area contributed by atoms with Crippen LogP contribution in [0.15, 0.2) is 24.3 Å². The monoisotopic (exact) mass is 292 g/mol. The molecule has 0 radical (unpaired) electrons. The number of ether oxygens (including phenoxy) is 1. The van der Waals surface area contributed by atoms with Gasteiger partial charge in [0, 0.05) is 24.7 Å². The Labute approximate surface area is 130 Å². The number of para-hydroxylation sites is 1. The molecule has 0 bridgehead atoms. The smallest absolute Gasteiger partial charge is 0.123 e. The van der Waals surface area contributed by atoms with Crippen LogP contribution in [0.4, 0.5) is 0 Å². The second-order valence-corrected chi connectivity index (χ2v) is 6.20. The van der Waals surface area contributed by atoms with Gasteiger partial charge in [-0.25, -0.2) is 0 Å². The summed E-state index contributed by atoms with van der Waals surface area (Å²) in [6, 6.07) is 8.89. The number of likely N-dealkylation sites (N-methyl/N-ethyl adjacent to an activating group) is 1. The van der Waals surface area contributed by atoms with Gasteiger partial charge in [-0.1, -0.05) is 39.0 Å². The minimum atomic E-state index is 0.602. The van der Waals surface area contributed by atoms with E-state index in [0.29, 0.717) is 6.04 Å². The SMILES string of the molecule is CCNCc1ccccc1OCCN(C)C(C)CC(C)C. The van der Waals surface area contributed by atoms with E-state index in [2.05, 4.69) is 63.2 Å². The number of rotatable bonds is 10. The highest BCUT2D eigenvalue weighted by molar-refractivity contribution is 5.33. The first-order chi connectivity index (χ1) is 10.0. The van der Waals surface area contributed by atoms with Crippen molar-refractivity contribution in [3.05, 3.63) is 29.8 Å². The summed E-state index contributed by atoms with van der Waals surface area (Å²) < 4.78 is 5.98. The van der Waals surface area contributed by atoms with Crippen LogP contribution in [0.2, 0.25) is 0 Å². The van der Waals surface area contributed by atoms with Crippen molar-refractivity contribution in [2.75, 3.05) is 26.7 Å². The van der Waals surface area contributed by atoms with Crippen molar-refractivity contribution in [1.82, 2.24) is 10.2 Å². The van der Waals surface area contributed by atoms with E-state index < -0.39 is 0 Å². The molecule has 0 spiro atoms.